The molecule has 0 aliphatic carbocycles. The molecule has 0 bridgehead atoms. The number of nitrogen functional groups attached to an aromatic ring is 1. The highest BCUT2D eigenvalue weighted by Gasteiger charge is 2.06. The summed E-state index contributed by atoms with van der Waals surface area (Å²) in [6.45, 7) is 2.02. The van der Waals surface area contributed by atoms with E-state index in [1.807, 2.05) is 6.92 Å². The van der Waals surface area contributed by atoms with E-state index in [0.717, 1.165) is 6.42 Å². The third-order valence-corrected chi connectivity index (χ3v) is 2.65. The molecule has 0 atom stereocenters. The van der Waals surface area contributed by atoms with Gasteiger partial charge in [-0.25, -0.2) is 9.37 Å². The van der Waals surface area contributed by atoms with Crippen molar-refractivity contribution in [3.05, 3.63) is 40.9 Å². The standard InChI is InChI=1S/C13H13ClFN3O/c1-2-3-12-17-11(16)7-13(18-12)19-8-4-5-10(15)9(14)6-8/h4-7H,2-3H2,1H3,(H2,16,17,18). The maximum Gasteiger partial charge on any atom is 0.224 e. The van der Waals surface area contributed by atoms with Gasteiger partial charge in [-0.1, -0.05) is 18.5 Å². The van der Waals surface area contributed by atoms with Crippen LogP contribution in [0.1, 0.15) is 19.2 Å². The minimum absolute atomic E-state index is 0.00619. The predicted octanol–water partition coefficient (Wildman–Crippen LogP) is 3.60. The number of aryl methyl sites for hydroxylation is 1. The third kappa shape index (κ3) is 3.54. The zero-order valence-electron chi connectivity index (χ0n) is 10.4. The zero-order chi connectivity index (χ0) is 13.8. The second-order valence-corrected chi connectivity index (χ2v) is 4.38. The lowest BCUT2D eigenvalue weighted by atomic mass is 10.3. The quantitative estimate of drug-likeness (QED) is 0.930. The fourth-order valence-electron chi connectivity index (χ4n) is 1.54. The average molecular weight is 282 g/mol. The van der Waals surface area contributed by atoms with Crippen molar-refractivity contribution in [3.63, 3.8) is 0 Å². The smallest absolute Gasteiger partial charge is 0.224 e. The number of hydrogen-bond donors (Lipinski definition) is 1. The van der Waals surface area contributed by atoms with Gasteiger partial charge in [-0.15, -0.1) is 0 Å². The summed E-state index contributed by atoms with van der Waals surface area (Å²) in [6.07, 6.45) is 1.62. The summed E-state index contributed by atoms with van der Waals surface area (Å²) >= 11 is 5.68. The zero-order valence-corrected chi connectivity index (χ0v) is 11.1. The van der Waals surface area contributed by atoms with E-state index in [1.54, 1.807) is 0 Å². The van der Waals surface area contributed by atoms with Gasteiger partial charge in [0.25, 0.3) is 0 Å². The van der Waals surface area contributed by atoms with E-state index in [0.29, 0.717) is 29.7 Å². The second-order valence-electron chi connectivity index (χ2n) is 3.98. The van der Waals surface area contributed by atoms with Gasteiger partial charge >= 0.3 is 0 Å². The van der Waals surface area contributed by atoms with Crippen molar-refractivity contribution in [1.82, 2.24) is 9.97 Å². The highest BCUT2D eigenvalue weighted by Crippen LogP contribution is 2.25. The first-order valence-electron chi connectivity index (χ1n) is 5.85. The Hall–Kier alpha value is -1.88. The topological polar surface area (TPSA) is 61.0 Å². The molecule has 1 heterocycles. The Morgan fingerprint density at radius 3 is 2.79 bits per heavy atom. The highest BCUT2D eigenvalue weighted by molar-refractivity contribution is 6.30. The molecule has 2 rings (SSSR count). The molecule has 0 saturated carbocycles. The number of benzene rings is 1. The molecule has 0 amide bonds. The molecular formula is C13H13ClFN3O. The van der Waals surface area contributed by atoms with Crippen molar-refractivity contribution in [1.29, 1.82) is 0 Å². The lowest BCUT2D eigenvalue weighted by Gasteiger charge is -2.07. The van der Waals surface area contributed by atoms with Gasteiger partial charge in [0, 0.05) is 18.6 Å². The van der Waals surface area contributed by atoms with Crippen LogP contribution in [0.2, 0.25) is 5.02 Å². The van der Waals surface area contributed by atoms with E-state index >= 15 is 0 Å². The Labute approximate surface area is 115 Å². The fraction of sp³-hybridized carbons (Fsp3) is 0.231. The van der Waals surface area contributed by atoms with E-state index in [-0.39, 0.29) is 5.02 Å². The molecule has 100 valence electrons. The number of nitrogens with two attached hydrogens (primary N) is 1. The lowest BCUT2D eigenvalue weighted by molar-refractivity contribution is 0.457. The number of hydrogen-bond acceptors (Lipinski definition) is 4. The molecule has 0 unspecified atom stereocenters. The van der Waals surface area contributed by atoms with Crippen molar-refractivity contribution in [3.8, 4) is 11.6 Å². The molecule has 1 aromatic heterocycles. The first kappa shape index (κ1) is 13.5. The molecule has 0 aliphatic rings. The SMILES string of the molecule is CCCc1nc(N)cc(Oc2ccc(F)c(Cl)c2)n1. The van der Waals surface area contributed by atoms with Crippen LogP contribution in [0.3, 0.4) is 0 Å². The molecule has 0 radical (unpaired) electrons. The van der Waals surface area contributed by atoms with Crippen LogP contribution in [-0.2, 0) is 6.42 Å². The summed E-state index contributed by atoms with van der Waals surface area (Å²) in [4.78, 5) is 8.32. The summed E-state index contributed by atoms with van der Waals surface area (Å²) < 4.78 is 18.5. The summed E-state index contributed by atoms with van der Waals surface area (Å²) in [5, 5.41) is -0.00619. The molecular weight excluding hydrogens is 269 g/mol. The van der Waals surface area contributed by atoms with Gasteiger partial charge in [-0.2, -0.15) is 4.98 Å². The van der Waals surface area contributed by atoms with Crippen molar-refractivity contribution >= 4 is 17.4 Å². The fourth-order valence-corrected chi connectivity index (χ4v) is 1.71. The van der Waals surface area contributed by atoms with Gasteiger partial charge in [0.1, 0.15) is 23.2 Å². The molecule has 0 spiro atoms. The first-order chi connectivity index (χ1) is 9.08. The number of anilines is 1. The van der Waals surface area contributed by atoms with Crippen LogP contribution in [0.5, 0.6) is 11.6 Å². The number of aromatic nitrogens is 2. The Bertz CT molecular complexity index is 592. The van der Waals surface area contributed by atoms with Gasteiger partial charge in [0.2, 0.25) is 5.88 Å². The molecule has 0 saturated heterocycles. The monoisotopic (exact) mass is 281 g/mol. The molecule has 0 fully saturated rings. The average Bonchev–Trinajstić information content (AvgIpc) is 2.33. The van der Waals surface area contributed by atoms with Crippen molar-refractivity contribution in [2.45, 2.75) is 19.8 Å². The largest absolute Gasteiger partial charge is 0.439 e. The Morgan fingerprint density at radius 1 is 1.32 bits per heavy atom. The van der Waals surface area contributed by atoms with Crippen LogP contribution >= 0.6 is 11.6 Å². The van der Waals surface area contributed by atoms with Crippen LogP contribution in [0, 0.1) is 5.82 Å². The number of nitrogens with zero attached hydrogens (tertiary/aromatic N) is 2. The molecule has 1 aromatic carbocycles. The Kier molecular flexibility index (Phi) is 4.16. The van der Waals surface area contributed by atoms with E-state index in [2.05, 4.69) is 9.97 Å². The highest BCUT2D eigenvalue weighted by atomic mass is 35.5. The van der Waals surface area contributed by atoms with E-state index in [4.69, 9.17) is 22.1 Å². The van der Waals surface area contributed by atoms with E-state index < -0.39 is 5.82 Å². The van der Waals surface area contributed by atoms with Gasteiger partial charge in [0.05, 0.1) is 5.02 Å². The summed E-state index contributed by atoms with van der Waals surface area (Å²) in [5.74, 6) is 1.17. The molecule has 6 heteroatoms. The van der Waals surface area contributed by atoms with Gasteiger partial charge in [-0.3, -0.25) is 0 Å². The second kappa shape index (κ2) is 5.84. The van der Waals surface area contributed by atoms with Gasteiger partial charge in [0.15, 0.2) is 0 Å². The molecule has 2 N–H and O–H groups in total. The van der Waals surface area contributed by atoms with Crippen LogP contribution in [0.15, 0.2) is 24.3 Å². The van der Waals surface area contributed by atoms with Crippen LogP contribution < -0.4 is 10.5 Å². The number of ether oxygens (including phenoxy) is 1. The van der Waals surface area contributed by atoms with E-state index in [1.165, 1.54) is 24.3 Å². The lowest BCUT2D eigenvalue weighted by Crippen LogP contribution is -2.01. The molecule has 0 aliphatic heterocycles. The number of rotatable bonds is 4. The number of halogens is 2. The van der Waals surface area contributed by atoms with Crippen LogP contribution in [-0.4, -0.2) is 9.97 Å². The molecule has 19 heavy (non-hydrogen) atoms. The van der Waals surface area contributed by atoms with Crippen LogP contribution in [0.25, 0.3) is 0 Å². The minimum Gasteiger partial charge on any atom is -0.439 e. The predicted molar refractivity (Wildman–Crippen MR) is 71.9 cm³/mol. The van der Waals surface area contributed by atoms with Crippen LogP contribution in [0.4, 0.5) is 10.2 Å². The first-order valence-corrected chi connectivity index (χ1v) is 6.22. The van der Waals surface area contributed by atoms with Crippen molar-refractivity contribution in [2.24, 2.45) is 0 Å². The Morgan fingerprint density at radius 2 is 2.11 bits per heavy atom. The molecule has 2 aromatic rings. The molecule has 4 nitrogen and oxygen atoms in total. The van der Waals surface area contributed by atoms with Gasteiger partial charge < -0.3 is 10.5 Å². The van der Waals surface area contributed by atoms with E-state index in [9.17, 15) is 4.39 Å². The Balaban J connectivity index is 2.24. The van der Waals surface area contributed by atoms with Crippen molar-refractivity contribution in [2.75, 3.05) is 5.73 Å². The maximum absolute atomic E-state index is 13.0. The third-order valence-electron chi connectivity index (χ3n) is 2.36. The normalized spacial score (nSPS) is 10.5. The minimum atomic E-state index is -0.497. The summed E-state index contributed by atoms with van der Waals surface area (Å²) in [6, 6.07) is 5.60. The van der Waals surface area contributed by atoms with Gasteiger partial charge in [-0.05, 0) is 18.6 Å². The maximum atomic E-state index is 13.0. The summed E-state index contributed by atoms with van der Waals surface area (Å²) in [5.41, 5.74) is 5.68. The summed E-state index contributed by atoms with van der Waals surface area (Å²) in [7, 11) is 0. The van der Waals surface area contributed by atoms with Crippen molar-refractivity contribution < 1.29 is 9.13 Å².